The summed E-state index contributed by atoms with van der Waals surface area (Å²) in [7, 11) is 0. The summed E-state index contributed by atoms with van der Waals surface area (Å²) in [4.78, 5) is 53.5. The fraction of sp³-hybridized carbons (Fsp3) is 0.633. The van der Waals surface area contributed by atoms with Crippen LogP contribution in [0.1, 0.15) is 101 Å². The number of phenolic OH excluding ortho intramolecular Hbond substituents is 1. The number of carbonyl (C=O) groups excluding carboxylic acids is 3. The van der Waals surface area contributed by atoms with Crippen molar-refractivity contribution in [3.63, 3.8) is 0 Å². The number of rotatable bonds is 7. The van der Waals surface area contributed by atoms with Crippen molar-refractivity contribution in [3.8, 4) is 5.75 Å². The molecule has 1 aromatic carbocycles. The van der Waals surface area contributed by atoms with E-state index in [4.69, 9.17) is 44.8 Å². The SMILES string of the molecule is Cc1c(Cl)ccc(O)c1C(=O)O[C@H]1[C@H](O)C[C@H](O[C@H]2[C@H](O)C(O)[C@H](O[C@H]3CCCC4C3C=CC3CCCC/C=C\C5C=C(C(=O)O)[C@H](C)CC56OC(=O)C(=C6O)OC(=O)[C@]34C)O[C@@H]2C)O[C@@H]1C. The Morgan fingerprint density at radius 2 is 1.64 bits per heavy atom. The normalized spacial score (nSPS) is 41.6. The molecule has 2 saturated heterocycles. The zero-order valence-electron chi connectivity index (χ0n) is 38.1. The Hall–Kier alpha value is -4.33. The number of allylic oxidation sites excluding steroid dienone is 2. The first kappa shape index (κ1) is 49.1. The second kappa shape index (κ2) is 19.2. The zero-order valence-corrected chi connectivity index (χ0v) is 38.9. The van der Waals surface area contributed by atoms with Crippen LogP contribution in [0.3, 0.4) is 0 Å². The number of hydrogen-bond donors (Lipinski definition) is 6. The van der Waals surface area contributed by atoms with E-state index >= 15 is 0 Å². The first-order chi connectivity index (χ1) is 31.8. The number of aromatic hydroxyl groups is 1. The number of aliphatic hydroxyl groups is 4. The van der Waals surface area contributed by atoms with Gasteiger partial charge in [-0.25, -0.2) is 14.4 Å². The largest absolute Gasteiger partial charge is 0.507 e. The number of aliphatic carboxylic acids is 1. The summed E-state index contributed by atoms with van der Waals surface area (Å²) in [5, 5.41) is 66.3. The zero-order chi connectivity index (χ0) is 48.3. The lowest BCUT2D eigenvalue weighted by atomic mass is 9.55. The third-order valence-electron chi connectivity index (χ3n) is 15.3. The molecule has 1 aromatic rings. The molecule has 3 fully saturated rings. The van der Waals surface area contributed by atoms with E-state index in [-0.39, 0.29) is 52.5 Å². The van der Waals surface area contributed by atoms with E-state index in [9.17, 15) is 49.8 Å². The van der Waals surface area contributed by atoms with Gasteiger partial charge in [-0.05, 0) is 95.2 Å². The van der Waals surface area contributed by atoms with E-state index in [1.807, 2.05) is 25.2 Å². The van der Waals surface area contributed by atoms with Crippen LogP contribution in [-0.4, -0.2) is 122 Å². The number of aliphatic hydroxyl groups excluding tert-OH is 4. The minimum atomic E-state index is -1.65. The number of ether oxygens (including phenoxy) is 7. The van der Waals surface area contributed by atoms with Crippen LogP contribution < -0.4 is 0 Å². The summed E-state index contributed by atoms with van der Waals surface area (Å²) in [6, 6.07) is 2.71. The third-order valence-corrected chi connectivity index (χ3v) is 15.7. The van der Waals surface area contributed by atoms with Crippen molar-refractivity contribution in [2.45, 2.75) is 159 Å². The highest BCUT2D eigenvalue weighted by Gasteiger charge is 2.60. The maximum atomic E-state index is 14.7. The number of esters is 3. The van der Waals surface area contributed by atoms with Crippen LogP contribution in [0.4, 0.5) is 0 Å². The molecule has 18 heteroatoms. The van der Waals surface area contributed by atoms with Crippen LogP contribution in [-0.2, 0) is 47.5 Å². The first-order valence-corrected chi connectivity index (χ1v) is 23.7. The van der Waals surface area contributed by atoms with Crippen LogP contribution in [0.25, 0.3) is 0 Å². The smallest absolute Gasteiger partial charge is 0.379 e. The van der Waals surface area contributed by atoms with Gasteiger partial charge in [0.15, 0.2) is 30.0 Å². The van der Waals surface area contributed by atoms with Gasteiger partial charge in [0.05, 0.1) is 29.8 Å². The second-order valence-electron chi connectivity index (χ2n) is 19.5. The Kier molecular flexibility index (Phi) is 14.1. The van der Waals surface area contributed by atoms with Crippen molar-refractivity contribution in [2.24, 2.45) is 35.0 Å². The molecule has 7 aliphatic rings. The van der Waals surface area contributed by atoms with Gasteiger partial charge in [-0.2, -0.15) is 0 Å². The van der Waals surface area contributed by atoms with Gasteiger partial charge in [-0.3, -0.25) is 4.79 Å². The third kappa shape index (κ3) is 8.95. The molecular formula is C49H61ClO17. The number of carboxylic acids is 1. The van der Waals surface area contributed by atoms with Crippen molar-refractivity contribution >= 4 is 35.5 Å². The monoisotopic (exact) mass is 956 g/mol. The summed E-state index contributed by atoms with van der Waals surface area (Å²) in [5.74, 6) is -7.70. The van der Waals surface area contributed by atoms with Crippen molar-refractivity contribution in [1.82, 2.24) is 0 Å². The summed E-state index contributed by atoms with van der Waals surface area (Å²) in [6.45, 7) is 8.26. The van der Waals surface area contributed by atoms with Gasteiger partial charge in [0, 0.05) is 35.3 Å². The number of fused-ring (bicyclic) bond motifs is 3. The molecule has 1 spiro atoms. The summed E-state index contributed by atoms with van der Waals surface area (Å²) in [6.07, 6.45) is 2.05. The van der Waals surface area contributed by atoms with Crippen molar-refractivity contribution in [2.75, 3.05) is 0 Å². The van der Waals surface area contributed by atoms with Crippen LogP contribution >= 0.6 is 11.6 Å². The molecule has 4 heterocycles. The molecule has 8 rings (SSSR count). The highest BCUT2D eigenvalue weighted by Crippen LogP contribution is 2.55. The molecule has 6 unspecified atom stereocenters. The second-order valence-corrected chi connectivity index (χ2v) is 19.9. The summed E-state index contributed by atoms with van der Waals surface area (Å²) >= 11 is 6.15. The van der Waals surface area contributed by atoms with Gasteiger partial charge in [0.2, 0.25) is 0 Å². The number of phenols is 1. The standard InChI is InChI=1S/C49H61ClO17/c1-22-21-49-27(19-29(22)43(56)57)12-9-7-6-8-11-26-15-16-28-30(48(26,5)47(60)66-41(42(49)55)45(59)67-49)13-10-14-34(28)63-46-38(54)37(53)40(25(4)62-46)64-35-20-33(52)39(24(3)61-35)65-44(58)36-23(2)31(50)17-18-32(36)51/h9,12,15-19,22,24-28,30,33-35,37-40,46,51-55H,6-8,10-11,13-14,20-21H2,1-5H3,(H,56,57)/b12-9-/t22-,24-,25-,26?,27?,28?,30?,33-,34+,35+,37-,38?,39-,40-,46+,48-,49?/m1/s1. The lowest BCUT2D eigenvalue weighted by Gasteiger charge is -2.51. The van der Waals surface area contributed by atoms with E-state index in [1.54, 1.807) is 33.8 Å². The minimum Gasteiger partial charge on any atom is -0.507 e. The Morgan fingerprint density at radius 1 is 0.896 bits per heavy atom. The van der Waals surface area contributed by atoms with Gasteiger partial charge in [0.25, 0.3) is 5.76 Å². The lowest BCUT2D eigenvalue weighted by molar-refractivity contribution is -0.343. The molecule has 1 saturated carbocycles. The maximum absolute atomic E-state index is 14.7. The molecule has 2 bridgehead atoms. The maximum Gasteiger partial charge on any atom is 0.379 e. The van der Waals surface area contributed by atoms with E-state index in [1.165, 1.54) is 18.2 Å². The molecule has 6 N–H and O–H groups in total. The van der Waals surface area contributed by atoms with Gasteiger partial charge >= 0.3 is 23.9 Å². The fourth-order valence-corrected chi connectivity index (χ4v) is 11.7. The molecule has 366 valence electrons. The average molecular weight is 957 g/mol. The van der Waals surface area contributed by atoms with E-state index in [0.717, 1.165) is 12.8 Å². The average Bonchev–Trinajstić information content (AvgIpc) is 3.50. The first-order valence-electron chi connectivity index (χ1n) is 23.3. The highest BCUT2D eigenvalue weighted by molar-refractivity contribution is 6.32. The quantitative estimate of drug-likeness (QED) is 0.110. The predicted octanol–water partition coefficient (Wildman–Crippen LogP) is 5.63. The molecular weight excluding hydrogens is 896 g/mol. The van der Waals surface area contributed by atoms with Crippen molar-refractivity contribution in [3.05, 3.63) is 75.8 Å². The Morgan fingerprint density at radius 3 is 2.37 bits per heavy atom. The number of hydrogen-bond acceptors (Lipinski definition) is 16. The van der Waals surface area contributed by atoms with Crippen LogP contribution in [0.5, 0.6) is 5.75 Å². The Balaban J connectivity index is 0.950. The summed E-state index contributed by atoms with van der Waals surface area (Å²) < 4.78 is 42.2. The molecule has 3 aliphatic carbocycles. The number of halogens is 1. The lowest BCUT2D eigenvalue weighted by Crippen LogP contribution is -2.61. The molecule has 0 amide bonds. The summed E-state index contributed by atoms with van der Waals surface area (Å²) in [5.41, 5.74) is -2.56. The van der Waals surface area contributed by atoms with E-state index in [0.29, 0.717) is 37.7 Å². The van der Waals surface area contributed by atoms with E-state index in [2.05, 4.69) is 0 Å². The van der Waals surface area contributed by atoms with Crippen LogP contribution in [0.2, 0.25) is 5.02 Å². The topological polar surface area (TPSA) is 254 Å². The molecule has 17 nitrogen and oxygen atoms in total. The number of benzene rings is 1. The minimum absolute atomic E-state index is 0.0323. The van der Waals surface area contributed by atoms with Gasteiger partial charge in [0.1, 0.15) is 29.6 Å². The van der Waals surface area contributed by atoms with Crippen molar-refractivity contribution < 1.29 is 83.0 Å². The predicted molar refractivity (Wildman–Crippen MR) is 235 cm³/mol. The van der Waals surface area contributed by atoms with Crippen LogP contribution in [0.15, 0.2) is 59.6 Å². The van der Waals surface area contributed by atoms with Gasteiger partial charge in [-0.1, -0.05) is 61.7 Å². The molecule has 4 aliphatic heterocycles. The van der Waals surface area contributed by atoms with Crippen LogP contribution in [0, 0.1) is 41.9 Å². The molecule has 17 atom stereocenters. The number of carboxylic acid groups (broad SMARTS) is 1. The Bertz CT molecular complexity index is 2230. The molecule has 0 aromatic heterocycles. The van der Waals surface area contributed by atoms with Gasteiger partial charge in [-0.15, -0.1) is 0 Å². The molecule has 0 radical (unpaired) electrons. The molecule has 67 heavy (non-hydrogen) atoms. The van der Waals surface area contributed by atoms with Crippen molar-refractivity contribution in [1.29, 1.82) is 0 Å². The number of carbonyl (C=O) groups is 4. The highest BCUT2D eigenvalue weighted by atomic mass is 35.5. The Labute approximate surface area is 393 Å². The van der Waals surface area contributed by atoms with E-state index < -0.39 is 120 Å². The fourth-order valence-electron chi connectivity index (χ4n) is 11.5. The van der Waals surface area contributed by atoms with Gasteiger partial charge < -0.3 is 63.8 Å².